The molecule has 0 bridgehead atoms. The molecule has 1 saturated heterocycles. The number of hydrogen-bond acceptors (Lipinski definition) is 5. The molecule has 1 spiro atoms. The van der Waals surface area contributed by atoms with Gasteiger partial charge in [-0.1, -0.05) is 42.3 Å². The van der Waals surface area contributed by atoms with Crippen LogP contribution in [-0.4, -0.2) is 25.0 Å². The van der Waals surface area contributed by atoms with E-state index in [1.54, 1.807) is 6.92 Å². The van der Waals surface area contributed by atoms with Crippen molar-refractivity contribution in [1.29, 1.82) is 0 Å². The number of rotatable bonds is 7. The van der Waals surface area contributed by atoms with Gasteiger partial charge in [0.25, 0.3) is 0 Å². The Hall–Kier alpha value is -2.07. The van der Waals surface area contributed by atoms with Gasteiger partial charge in [0.05, 0.1) is 19.1 Å². The summed E-state index contributed by atoms with van der Waals surface area (Å²) in [4.78, 5) is 11.0. The molecule has 6 heteroatoms. The summed E-state index contributed by atoms with van der Waals surface area (Å²) in [6, 6.07) is 15.8. The minimum absolute atomic E-state index is 0. The third-order valence-corrected chi connectivity index (χ3v) is 5.92. The Morgan fingerprint density at radius 1 is 1.18 bits per heavy atom. The Kier molecular flexibility index (Phi) is 9.19. The van der Waals surface area contributed by atoms with E-state index in [1.807, 2.05) is 24.3 Å². The molecule has 0 saturated carbocycles. The summed E-state index contributed by atoms with van der Waals surface area (Å²) >= 11 is 0. The standard InChI is InChI=1S/C27H28O5.Na/c1-2-4-23(18-26(28)29)21-7-9-25(10-8-21)30-19-20-5-3-6-24(17-20)22-11-13-27(14-12-22)31-15-16-32-27;/h3,5-11,17,23H,12-16,18-19H2,1H3,(H,28,29);/q;+1/p-1. The Bertz CT molecular complexity index is 1040. The zero-order chi connectivity index (χ0) is 22.4. The van der Waals surface area contributed by atoms with Crippen molar-refractivity contribution in [3.63, 3.8) is 0 Å². The minimum Gasteiger partial charge on any atom is -0.550 e. The van der Waals surface area contributed by atoms with Crippen molar-refractivity contribution in [2.45, 2.75) is 50.9 Å². The molecule has 5 nitrogen and oxygen atoms in total. The quantitative estimate of drug-likeness (QED) is 0.458. The smallest absolute Gasteiger partial charge is 0.550 e. The third kappa shape index (κ3) is 6.72. The normalized spacial score (nSPS) is 17.3. The van der Waals surface area contributed by atoms with Crippen LogP contribution in [-0.2, 0) is 20.9 Å². The summed E-state index contributed by atoms with van der Waals surface area (Å²) in [5, 5.41) is 11.0. The number of benzene rings is 2. The monoisotopic (exact) mass is 454 g/mol. The molecule has 4 rings (SSSR count). The van der Waals surface area contributed by atoms with Gasteiger partial charge in [-0.2, -0.15) is 0 Å². The molecule has 2 aliphatic rings. The third-order valence-electron chi connectivity index (χ3n) is 5.92. The Balaban J connectivity index is 0.00000306. The van der Waals surface area contributed by atoms with Gasteiger partial charge in [0, 0.05) is 25.2 Å². The van der Waals surface area contributed by atoms with Gasteiger partial charge in [-0.05, 0) is 53.8 Å². The number of carbonyl (C=O) groups excluding carboxylic acids is 1. The van der Waals surface area contributed by atoms with E-state index in [0.717, 1.165) is 36.1 Å². The largest absolute Gasteiger partial charge is 1.00 e. The Labute approximate surface area is 217 Å². The maximum atomic E-state index is 11.0. The fraction of sp³-hybridized carbons (Fsp3) is 0.370. The molecule has 1 fully saturated rings. The van der Waals surface area contributed by atoms with E-state index < -0.39 is 11.8 Å². The predicted molar refractivity (Wildman–Crippen MR) is 119 cm³/mol. The first-order valence-electron chi connectivity index (χ1n) is 11.0. The van der Waals surface area contributed by atoms with Gasteiger partial charge in [0.2, 0.25) is 0 Å². The van der Waals surface area contributed by atoms with Crippen LogP contribution in [0.5, 0.6) is 5.75 Å². The molecule has 1 unspecified atom stereocenters. The van der Waals surface area contributed by atoms with E-state index in [0.29, 0.717) is 19.8 Å². The van der Waals surface area contributed by atoms with E-state index in [9.17, 15) is 9.90 Å². The van der Waals surface area contributed by atoms with Gasteiger partial charge >= 0.3 is 29.6 Å². The van der Waals surface area contributed by atoms with Crippen LogP contribution in [0.1, 0.15) is 55.2 Å². The number of carboxylic acid groups (broad SMARTS) is 1. The van der Waals surface area contributed by atoms with Crippen LogP contribution in [0.3, 0.4) is 0 Å². The van der Waals surface area contributed by atoms with Crippen LogP contribution < -0.4 is 39.4 Å². The first kappa shape index (κ1) is 25.6. The van der Waals surface area contributed by atoms with Crippen molar-refractivity contribution in [1.82, 2.24) is 0 Å². The number of hydrogen-bond donors (Lipinski definition) is 0. The maximum absolute atomic E-state index is 11.0. The van der Waals surface area contributed by atoms with Crippen molar-refractivity contribution in [2.24, 2.45) is 0 Å². The van der Waals surface area contributed by atoms with Crippen LogP contribution in [0, 0.1) is 11.8 Å². The number of ether oxygens (including phenoxy) is 3. The van der Waals surface area contributed by atoms with Gasteiger partial charge in [-0.25, -0.2) is 0 Å². The Morgan fingerprint density at radius 2 is 1.94 bits per heavy atom. The molecule has 1 heterocycles. The summed E-state index contributed by atoms with van der Waals surface area (Å²) in [5.41, 5.74) is 4.46. The summed E-state index contributed by atoms with van der Waals surface area (Å²) in [5.74, 6) is 4.56. The second kappa shape index (κ2) is 11.9. The Morgan fingerprint density at radius 3 is 2.58 bits per heavy atom. The molecular formula is C27H27NaO5. The summed E-state index contributed by atoms with van der Waals surface area (Å²) in [6.45, 7) is 3.51. The summed E-state index contributed by atoms with van der Waals surface area (Å²) in [6.07, 6.45) is 4.71. The van der Waals surface area contributed by atoms with E-state index in [4.69, 9.17) is 14.2 Å². The van der Waals surface area contributed by atoms with Crippen LogP contribution in [0.25, 0.3) is 5.57 Å². The minimum atomic E-state index is -1.11. The van der Waals surface area contributed by atoms with Crippen LogP contribution in [0.4, 0.5) is 0 Å². The first-order chi connectivity index (χ1) is 15.6. The fourth-order valence-corrected chi connectivity index (χ4v) is 4.25. The average Bonchev–Trinajstić information content (AvgIpc) is 3.26. The van der Waals surface area contributed by atoms with Crippen LogP contribution in [0.2, 0.25) is 0 Å². The topological polar surface area (TPSA) is 67.8 Å². The van der Waals surface area contributed by atoms with E-state index in [-0.39, 0.29) is 41.9 Å². The maximum Gasteiger partial charge on any atom is 1.00 e. The molecule has 1 atom stereocenters. The van der Waals surface area contributed by atoms with Crippen molar-refractivity contribution in [3.8, 4) is 17.6 Å². The van der Waals surface area contributed by atoms with E-state index in [1.165, 1.54) is 11.1 Å². The molecule has 166 valence electrons. The van der Waals surface area contributed by atoms with Crippen molar-refractivity contribution >= 4 is 11.5 Å². The van der Waals surface area contributed by atoms with Gasteiger partial charge in [-0.15, -0.1) is 5.92 Å². The molecule has 0 N–H and O–H groups in total. The second-order valence-electron chi connectivity index (χ2n) is 8.12. The molecule has 1 aliphatic heterocycles. The molecule has 2 aromatic rings. The molecular weight excluding hydrogens is 427 g/mol. The number of carboxylic acids is 1. The molecule has 0 amide bonds. The number of carbonyl (C=O) groups is 1. The number of allylic oxidation sites excluding steroid dienone is 1. The average molecular weight is 454 g/mol. The molecule has 1 aliphatic carbocycles. The summed E-state index contributed by atoms with van der Waals surface area (Å²) in [7, 11) is 0. The molecule has 33 heavy (non-hydrogen) atoms. The van der Waals surface area contributed by atoms with Crippen molar-refractivity contribution in [2.75, 3.05) is 13.2 Å². The number of aliphatic carboxylic acids is 1. The SMILES string of the molecule is CC#CC(CC(=O)[O-])c1ccc(OCc2cccc(C3=CCC4(CC3)OCCO4)c2)cc1.[Na+]. The van der Waals surface area contributed by atoms with E-state index >= 15 is 0 Å². The van der Waals surface area contributed by atoms with E-state index in [2.05, 4.69) is 42.2 Å². The molecule has 0 radical (unpaired) electrons. The fourth-order valence-electron chi connectivity index (χ4n) is 4.25. The van der Waals surface area contributed by atoms with Crippen LogP contribution >= 0.6 is 0 Å². The van der Waals surface area contributed by atoms with Crippen LogP contribution in [0.15, 0.2) is 54.6 Å². The van der Waals surface area contributed by atoms with Gasteiger partial charge in [-0.3, -0.25) is 0 Å². The molecule has 2 aromatic carbocycles. The second-order valence-corrected chi connectivity index (χ2v) is 8.12. The zero-order valence-corrected chi connectivity index (χ0v) is 21.3. The van der Waals surface area contributed by atoms with Gasteiger partial charge in [0.15, 0.2) is 5.79 Å². The zero-order valence-electron chi connectivity index (χ0n) is 19.3. The van der Waals surface area contributed by atoms with Crippen molar-refractivity contribution < 1.29 is 53.7 Å². The molecule has 0 aromatic heterocycles. The van der Waals surface area contributed by atoms with Crippen molar-refractivity contribution in [3.05, 3.63) is 71.3 Å². The predicted octanol–water partition coefficient (Wildman–Crippen LogP) is 0.827. The van der Waals surface area contributed by atoms with Gasteiger partial charge in [0.1, 0.15) is 12.4 Å². The first-order valence-corrected chi connectivity index (χ1v) is 11.0. The van der Waals surface area contributed by atoms with Gasteiger partial charge < -0.3 is 24.1 Å². The summed E-state index contributed by atoms with van der Waals surface area (Å²) < 4.78 is 17.6.